The molecule has 8 heteroatoms. The standard InChI is InChI=1S/C20H35N5O3/c1-14-10-19(21-2)24-20(22-14)23-15-6-7-17(27-3)18(11-15)28-13-16(26)12-25-8-4-5-9-25/h6-7,11,14,16,19-24,26H,4-5,8-10,12-13H2,1-3H3/t14?,16-,19?,20?/m1/s1. The minimum atomic E-state index is -0.515. The van der Waals surface area contributed by atoms with Crippen LogP contribution in [-0.4, -0.2) is 75.0 Å². The minimum absolute atomic E-state index is 0.0526. The van der Waals surface area contributed by atoms with Crippen molar-refractivity contribution in [2.45, 2.75) is 50.8 Å². The Labute approximate surface area is 168 Å². The summed E-state index contributed by atoms with van der Waals surface area (Å²) in [5.74, 6) is 1.28. The van der Waals surface area contributed by atoms with Crippen molar-refractivity contribution in [2.75, 3.05) is 45.7 Å². The summed E-state index contributed by atoms with van der Waals surface area (Å²) in [5.41, 5.74) is 0.916. The van der Waals surface area contributed by atoms with Gasteiger partial charge in [-0.25, -0.2) is 0 Å². The number of hydrogen-bond acceptors (Lipinski definition) is 8. The van der Waals surface area contributed by atoms with Crippen LogP contribution >= 0.6 is 0 Å². The molecule has 0 saturated carbocycles. The lowest BCUT2D eigenvalue weighted by Gasteiger charge is -2.36. The molecule has 2 aliphatic heterocycles. The number of nitrogens with zero attached hydrogens (tertiary/aromatic N) is 1. The lowest BCUT2D eigenvalue weighted by Crippen LogP contribution is -2.63. The van der Waals surface area contributed by atoms with Crippen molar-refractivity contribution in [3.05, 3.63) is 18.2 Å². The first kappa shape index (κ1) is 21.1. The molecule has 28 heavy (non-hydrogen) atoms. The molecule has 1 aromatic carbocycles. The normalized spacial score (nSPS) is 26.8. The number of benzene rings is 1. The van der Waals surface area contributed by atoms with E-state index in [0.717, 1.165) is 25.2 Å². The van der Waals surface area contributed by atoms with Gasteiger partial charge in [0.2, 0.25) is 0 Å². The Morgan fingerprint density at radius 1 is 1.25 bits per heavy atom. The molecule has 0 radical (unpaired) electrons. The topological polar surface area (TPSA) is 90.0 Å². The summed E-state index contributed by atoms with van der Waals surface area (Å²) in [4.78, 5) is 2.28. The summed E-state index contributed by atoms with van der Waals surface area (Å²) < 4.78 is 11.3. The van der Waals surface area contributed by atoms with Crippen LogP contribution in [0, 0.1) is 0 Å². The molecule has 0 aliphatic carbocycles. The predicted molar refractivity (Wildman–Crippen MR) is 111 cm³/mol. The molecule has 0 bridgehead atoms. The van der Waals surface area contributed by atoms with Gasteiger partial charge in [-0.3, -0.25) is 10.6 Å². The summed E-state index contributed by atoms with van der Waals surface area (Å²) in [6.45, 7) is 5.19. The van der Waals surface area contributed by atoms with Crippen LogP contribution in [-0.2, 0) is 0 Å². The molecule has 1 aromatic rings. The first-order valence-electron chi connectivity index (χ1n) is 10.2. The number of aliphatic hydroxyl groups is 1. The summed E-state index contributed by atoms with van der Waals surface area (Å²) in [6, 6.07) is 6.15. The molecule has 0 amide bonds. The number of β-amino-alcohol motifs (C(OH)–C–C–N with tert-alkyl or cyclic N) is 1. The smallest absolute Gasteiger partial charge is 0.163 e. The highest BCUT2D eigenvalue weighted by molar-refractivity contribution is 5.55. The third kappa shape index (κ3) is 5.96. The van der Waals surface area contributed by atoms with Crippen LogP contribution in [0.15, 0.2) is 18.2 Å². The van der Waals surface area contributed by atoms with Gasteiger partial charge in [-0.2, -0.15) is 0 Å². The van der Waals surface area contributed by atoms with Crippen molar-refractivity contribution in [3.8, 4) is 11.5 Å². The largest absolute Gasteiger partial charge is 0.493 e. The van der Waals surface area contributed by atoms with Gasteiger partial charge in [-0.1, -0.05) is 0 Å². The predicted octanol–water partition coefficient (Wildman–Crippen LogP) is 0.743. The van der Waals surface area contributed by atoms with E-state index in [1.54, 1.807) is 7.11 Å². The first-order valence-corrected chi connectivity index (χ1v) is 10.2. The maximum absolute atomic E-state index is 10.3. The second kappa shape index (κ2) is 10.3. The van der Waals surface area contributed by atoms with E-state index in [2.05, 4.69) is 33.1 Å². The number of aliphatic hydroxyl groups excluding tert-OH is 1. The van der Waals surface area contributed by atoms with Gasteiger partial charge in [0.1, 0.15) is 19.0 Å². The number of nitrogens with one attached hydrogen (secondary N) is 4. The van der Waals surface area contributed by atoms with Crippen molar-refractivity contribution in [1.29, 1.82) is 0 Å². The van der Waals surface area contributed by atoms with Gasteiger partial charge in [0.05, 0.1) is 13.3 Å². The lowest BCUT2D eigenvalue weighted by molar-refractivity contribution is 0.0747. The molecule has 3 unspecified atom stereocenters. The number of anilines is 1. The molecular weight excluding hydrogens is 358 g/mol. The molecule has 4 atom stereocenters. The Hall–Kier alpha value is -1.58. The summed E-state index contributed by atoms with van der Waals surface area (Å²) >= 11 is 0. The number of rotatable bonds is 9. The number of ether oxygens (including phenoxy) is 2. The zero-order valence-electron chi connectivity index (χ0n) is 17.2. The van der Waals surface area contributed by atoms with E-state index in [9.17, 15) is 5.11 Å². The minimum Gasteiger partial charge on any atom is -0.493 e. The third-order valence-electron chi connectivity index (χ3n) is 5.33. The van der Waals surface area contributed by atoms with E-state index in [1.165, 1.54) is 12.8 Å². The molecule has 2 fully saturated rings. The third-order valence-corrected chi connectivity index (χ3v) is 5.33. The van der Waals surface area contributed by atoms with E-state index in [1.807, 2.05) is 25.2 Å². The van der Waals surface area contributed by atoms with E-state index in [4.69, 9.17) is 9.47 Å². The van der Waals surface area contributed by atoms with Gasteiger partial charge in [-0.05, 0) is 58.5 Å². The highest BCUT2D eigenvalue weighted by Crippen LogP contribution is 2.30. The molecule has 3 rings (SSSR count). The Kier molecular flexibility index (Phi) is 7.75. The molecule has 8 nitrogen and oxygen atoms in total. The fourth-order valence-electron chi connectivity index (χ4n) is 3.86. The Morgan fingerprint density at radius 2 is 2.04 bits per heavy atom. The van der Waals surface area contributed by atoms with Crippen molar-refractivity contribution in [1.82, 2.24) is 20.9 Å². The zero-order chi connectivity index (χ0) is 19.9. The quantitative estimate of drug-likeness (QED) is 0.420. The second-order valence-corrected chi connectivity index (χ2v) is 7.73. The van der Waals surface area contributed by atoms with E-state index >= 15 is 0 Å². The average molecular weight is 394 g/mol. The van der Waals surface area contributed by atoms with Gasteiger partial charge in [0, 0.05) is 24.3 Å². The fourth-order valence-corrected chi connectivity index (χ4v) is 3.86. The van der Waals surface area contributed by atoms with Crippen molar-refractivity contribution in [3.63, 3.8) is 0 Å². The highest BCUT2D eigenvalue weighted by Gasteiger charge is 2.24. The van der Waals surface area contributed by atoms with Crippen LogP contribution in [0.1, 0.15) is 26.2 Å². The summed E-state index contributed by atoms with van der Waals surface area (Å²) in [6.07, 6.45) is 3.13. The van der Waals surface area contributed by atoms with Crippen LogP contribution in [0.2, 0.25) is 0 Å². The van der Waals surface area contributed by atoms with Crippen molar-refractivity contribution >= 4 is 5.69 Å². The summed E-state index contributed by atoms with van der Waals surface area (Å²) in [7, 11) is 3.58. The van der Waals surface area contributed by atoms with Crippen molar-refractivity contribution in [2.24, 2.45) is 0 Å². The molecule has 5 N–H and O–H groups in total. The van der Waals surface area contributed by atoms with Crippen LogP contribution in [0.25, 0.3) is 0 Å². The maximum Gasteiger partial charge on any atom is 0.163 e. The van der Waals surface area contributed by atoms with Crippen molar-refractivity contribution < 1.29 is 14.6 Å². The van der Waals surface area contributed by atoms with Gasteiger partial charge in [-0.15, -0.1) is 0 Å². The molecule has 158 valence electrons. The van der Waals surface area contributed by atoms with Gasteiger partial charge >= 0.3 is 0 Å². The lowest BCUT2D eigenvalue weighted by atomic mass is 10.1. The molecule has 2 heterocycles. The Bertz CT molecular complexity index is 612. The number of likely N-dealkylation sites (tertiary alicyclic amines) is 1. The molecule has 0 spiro atoms. The van der Waals surface area contributed by atoms with Gasteiger partial charge in [0.25, 0.3) is 0 Å². The van der Waals surface area contributed by atoms with Crippen LogP contribution in [0.5, 0.6) is 11.5 Å². The molecular formula is C20H35N5O3. The van der Waals surface area contributed by atoms with E-state index < -0.39 is 6.10 Å². The number of methoxy groups -OCH3 is 1. The van der Waals surface area contributed by atoms with Crippen LogP contribution < -0.4 is 30.7 Å². The second-order valence-electron chi connectivity index (χ2n) is 7.73. The molecule has 2 aliphatic rings. The molecule has 2 saturated heterocycles. The average Bonchev–Trinajstić information content (AvgIpc) is 3.19. The highest BCUT2D eigenvalue weighted by atomic mass is 16.5. The zero-order valence-corrected chi connectivity index (χ0v) is 17.2. The summed E-state index contributed by atoms with van der Waals surface area (Å²) in [5, 5.41) is 24.0. The van der Waals surface area contributed by atoms with E-state index in [-0.39, 0.29) is 19.1 Å². The van der Waals surface area contributed by atoms with E-state index in [0.29, 0.717) is 24.1 Å². The van der Waals surface area contributed by atoms with Gasteiger partial charge < -0.3 is 30.1 Å². The fraction of sp³-hybridized carbons (Fsp3) is 0.700. The Morgan fingerprint density at radius 3 is 2.75 bits per heavy atom. The van der Waals surface area contributed by atoms with Crippen LogP contribution in [0.4, 0.5) is 5.69 Å². The molecule has 0 aromatic heterocycles. The first-order chi connectivity index (χ1) is 13.6. The van der Waals surface area contributed by atoms with Crippen LogP contribution in [0.3, 0.4) is 0 Å². The van der Waals surface area contributed by atoms with Gasteiger partial charge in [0.15, 0.2) is 11.5 Å². The Balaban J connectivity index is 1.57. The SMILES string of the molecule is CNC1CC(C)NC(Nc2ccc(OC)c(OC[C@H](O)CN3CCCC3)c2)N1. The monoisotopic (exact) mass is 393 g/mol. The number of hydrogen-bond donors (Lipinski definition) is 5. The maximum atomic E-state index is 10.3.